The third-order valence-corrected chi connectivity index (χ3v) is 4.37. The molecule has 0 aliphatic heterocycles. The van der Waals surface area contributed by atoms with Crippen LogP contribution in [0.5, 0.6) is 0 Å². The summed E-state index contributed by atoms with van der Waals surface area (Å²) in [5.74, 6) is 0. The average Bonchev–Trinajstić information content (AvgIpc) is 2.82. The van der Waals surface area contributed by atoms with Crippen LogP contribution in [0, 0.1) is 10.1 Å². The Morgan fingerprint density at radius 3 is 2.55 bits per heavy atom. The Bertz CT molecular complexity index is 675. The summed E-state index contributed by atoms with van der Waals surface area (Å²) < 4.78 is 23.9. The maximum Gasteiger partial charge on any atom is 0.456 e. The molecule has 108 valence electrons. The first kappa shape index (κ1) is 14.6. The molecule has 10 heteroatoms. The molecule has 9 nitrogen and oxygen atoms in total. The summed E-state index contributed by atoms with van der Waals surface area (Å²) >= 11 is 0. The molecule has 0 amide bonds. The Morgan fingerprint density at radius 2 is 2.00 bits per heavy atom. The lowest BCUT2D eigenvalue weighted by atomic mass is 10.3. The van der Waals surface area contributed by atoms with Crippen LogP contribution in [-0.2, 0) is 13.6 Å². The maximum atomic E-state index is 12.6. The molecule has 1 aromatic heterocycles. The normalized spacial score (nSPS) is 11.9. The molecule has 0 saturated carbocycles. The Morgan fingerprint density at radius 1 is 1.35 bits per heavy atom. The van der Waals surface area contributed by atoms with E-state index in [0.717, 1.165) is 4.45 Å². The molecule has 0 aliphatic rings. The number of fused-ring (bicyclic) bond motifs is 1. The van der Waals surface area contributed by atoms with Gasteiger partial charge in [-0.25, -0.2) is 4.57 Å². The van der Waals surface area contributed by atoms with Crippen molar-refractivity contribution >= 4 is 24.5 Å². The first-order chi connectivity index (χ1) is 9.51. The first-order valence-electron chi connectivity index (χ1n) is 5.91. The lowest BCUT2D eigenvalue weighted by molar-refractivity contribution is -0.384. The number of benzene rings is 1. The van der Waals surface area contributed by atoms with Crippen LogP contribution in [0.4, 0.5) is 5.69 Å². The molecule has 0 spiro atoms. The van der Waals surface area contributed by atoms with Gasteiger partial charge in [-0.05, 0) is 19.9 Å². The van der Waals surface area contributed by atoms with Gasteiger partial charge in [0.15, 0.2) is 0 Å². The zero-order chi connectivity index (χ0) is 14.8. The fraction of sp³-hybridized carbons (Fsp3) is 0.400. The molecule has 0 radical (unpaired) electrons. The van der Waals surface area contributed by atoms with Gasteiger partial charge in [0, 0.05) is 12.1 Å². The number of nitrogens with zero attached hydrogens (tertiary/aromatic N) is 4. The summed E-state index contributed by atoms with van der Waals surface area (Å²) in [6, 6.07) is 3.97. The van der Waals surface area contributed by atoms with E-state index >= 15 is 0 Å². The van der Waals surface area contributed by atoms with Crippen molar-refractivity contribution in [2.75, 3.05) is 13.2 Å². The second-order valence-electron chi connectivity index (χ2n) is 3.71. The highest BCUT2D eigenvalue weighted by atomic mass is 31.2. The van der Waals surface area contributed by atoms with Crippen molar-refractivity contribution in [1.82, 2.24) is 14.8 Å². The fourth-order valence-electron chi connectivity index (χ4n) is 1.66. The van der Waals surface area contributed by atoms with Crippen molar-refractivity contribution in [3.63, 3.8) is 0 Å². The average molecular weight is 300 g/mol. The van der Waals surface area contributed by atoms with E-state index in [0.29, 0.717) is 5.52 Å². The smallest absolute Gasteiger partial charge is 0.291 e. The van der Waals surface area contributed by atoms with Gasteiger partial charge in [0.05, 0.1) is 18.1 Å². The summed E-state index contributed by atoms with van der Waals surface area (Å²) in [5, 5.41) is 18.3. The molecule has 0 aliphatic carbocycles. The zero-order valence-corrected chi connectivity index (χ0v) is 11.8. The van der Waals surface area contributed by atoms with Gasteiger partial charge in [0.1, 0.15) is 11.0 Å². The highest BCUT2D eigenvalue weighted by molar-refractivity contribution is 7.52. The highest BCUT2D eigenvalue weighted by Gasteiger charge is 2.31. The van der Waals surface area contributed by atoms with Gasteiger partial charge in [-0.15, -0.1) is 9.55 Å². The summed E-state index contributed by atoms with van der Waals surface area (Å²) in [6.45, 7) is 3.61. The summed E-state index contributed by atoms with van der Waals surface area (Å²) in [4.78, 5) is 10.3. The number of non-ortho nitro benzene ring substituents is 1. The van der Waals surface area contributed by atoms with Crippen molar-refractivity contribution in [2.45, 2.75) is 13.8 Å². The zero-order valence-electron chi connectivity index (χ0n) is 10.9. The fourth-order valence-corrected chi connectivity index (χ4v) is 3.17. The lowest BCUT2D eigenvalue weighted by Gasteiger charge is -2.16. The Labute approximate surface area is 114 Å². The van der Waals surface area contributed by atoms with Crippen molar-refractivity contribution in [2.24, 2.45) is 0 Å². The Balaban J connectivity index is 2.60. The first-order valence-corrected chi connectivity index (χ1v) is 7.41. The van der Waals surface area contributed by atoms with Crippen LogP contribution in [0.3, 0.4) is 0 Å². The van der Waals surface area contributed by atoms with Crippen LogP contribution in [0.25, 0.3) is 11.0 Å². The van der Waals surface area contributed by atoms with Crippen LogP contribution in [0.2, 0.25) is 0 Å². The number of hydrogen-bond donors (Lipinski definition) is 0. The SMILES string of the molecule is CCOP(=O)(OCC)n1nnc2ccc([N+](=O)[O-])cc21. The molecule has 1 heterocycles. The molecule has 0 saturated heterocycles. The van der Waals surface area contributed by atoms with Gasteiger partial charge in [0.25, 0.3) is 5.69 Å². The molecule has 0 unspecified atom stereocenters. The maximum absolute atomic E-state index is 12.6. The third-order valence-electron chi connectivity index (χ3n) is 2.44. The predicted octanol–water partition coefficient (Wildman–Crippen LogP) is 2.37. The second kappa shape index (κ2) is 5.66. The van der Waals surface area contributed by atoms with E-state index in [1.807, 2.05) is 0 Å². The van der Waals surface area contributed by atoms with Gasteiger partial charge in [-0.2, -0.15) is 0 Å². The number of hydrogen-bond acceptors (Lipinski definition) is 7. The van der Waals surface area contributed by atoms with Crippen molar-refractivity contribution in [1.29, 1.82) is 0 Å². The lowest BCUT2D eigenvalue weighted by Crippen LogP contribution is -2.06. The van der Waals surface area contributed by atoms with Crippen LogP contribution < -0.4 is 0 Å². The minimum atomic E-state index is -3.70. The molecule has 0 bridgehead atoms. The van der Waals surface area contributed by atoms with Crippen LogP contribution >= 0.6 is 7.75 Å². The summed E-state index contributed by atoms with van der Waals surface area (Å²) in [5.41, 5.74) is 0.445. The Kier molecular flexibility index (Phi) is 4.12. The molecule has 20 heavy (non-hydrogen) atoms. The third kappa shape index (κ3) is 2.55. The molecule has 0 N–H and O–H groups in total. The van der Waals surface area contributed by atoms with Crippen molar-refractivity contribution in [3.8, 4) is 0 Å². The van der Waals surface area contributed by atoms with Crippen molar-refractivity contribution < 1.29 is 18.5 Å². The van der Waals surface area contributed by atoms with E-state index in [1.54, 1.807) is 13.8 Å². The van der Waals surface area contributed by atoms with E-state index in [-0.39, 0.29) is 24.4 Å². The van der Waals surface area contributed by atoms with Crippen LogP contribution in [0.15, 0.2) is 18.2 Å². The summed E-state index contributed by atoms with van der Waals surface area (Å²) in [7, 11) is -3.70. The van der Waals surface area contributed by atoms with Gasteiger partial charge < -0.3 is 0 Å². The minimum Gasteiger partial charge on any atom is -0.291 e. The molecular weight excluding hydrogens is 287 g/mol. The standard InChI is InChI=1S/C10H13N4O5P/c1-3-18-20(17,19-4-2)13-10-7-8(14(15)16)5-6-9(10)11-12-13/h5-7H,3-4H2,1-2H3. The molecule has 2 aromatic rings. The van der Waals surface area contributed by atoms with Crippen LogP contribution in [-0.4, -0.2) is 32.9 Å². The van der Waals surface area contributed by atoms with E-state index in [1.165, 1.54) is 18.2 Å². The number of nitro benzene ring substituents is 1. The quantitative estimate of drug-likeness (QED) is 0.457. The van der Waals surface area contributed by atoms with Gasteiger partial charge in [-0.3, -0.25) is 19.2 Å². The predicted molar refractivity (Wildman–Crippen MR) is 70.4 cm³/mol. The van der Waals surface area contributed by atoms with E-state index < -0.39 is 12.7 Å². The van der Waals surface area contributed by atoms with Crippen molar-refractivity contribution in [3.05, 3.63) is 28.3 Å². The molecule has 1 aromatic carbocycles. The monoisotopic (exact) mass is 300 g/mol. The molecule has 2 rings (SSSR count). The number of aromatic nitrogens is 3. The second-order valence-corrected chi connectivity index (χ2v) is 5.55. The topological polar surface area (TPSA) is 109 Å². The minimum absolute atomic E-state index is 0.146. The molecular formula is C10H13N4O5P. The van der Waals surface area contributed by atoms with Gasteiger partial charge in [-0.1, -0.05) is 5.21 Å². The summed E-state index contributed by atoms with van der Waals surface area (Å²) in [6.07, 6.45) is 0. The Hall–Kier alpha value is -1.83. The number of rotatable bonds is 6. The van der Waals surface area contributed by atoms with Gasteiger partial charge >= 0.3 is 7.75 Å². The van der Waals surface area contributed by atoms with E-state index in [4.69, 9.17) is 9.05 Å². The highest BCUT2D eigenvalue weighted by Crippen LogP contribution is 2.50. The molecule has 0 fully saturated rings. The van der Waals surface area contributed by atoms with E-state index in [9.17, 15) is 14.7 Å². The molecule has 0 atom stereocenters. The largest absolute Gasteiger partial charge is 0.456 e. The van der Waals surface area contributed by atoms with Crippen LogP contribution in [0.1, 0.15) is 13.8 Å². The van der Waals surface area contributed by atoms with Gasteiger partial charge in [0.2, 0.25) is 0 Å². The number of nitro groups is 1. The van der Waals surface area contributed by atoms with E-state index in [2.05, 4.69) is 10.3 Å².